The molecule has 6 heteroatoms. The average Bonchev–Trinajstić information content (AvgIpc) is 2.84. The highest BCUT2D eigenvalue weighted by Crippen LogP contribution is 2.43. The van der Waals surface area contributed by atoms with Gasteiger partial charge in [0, 0.05) is 34.7 Å². The number of rotatable bonds is 7. The third-order valence-electron chi connectivity index (χ3n) is 5.78. The molecule has 5 nitrogen and oxygen atoms in total. The minimum atomic E-state index is -0.517. The van der Waals surface area contributed by atoms with E-state index in [-0.39, 0.29) is 30.6 Å². The van der Waals surface area contributed by atoms with Gasteiger partial charge in [0.25, 0.3) is 0 Å². The van der Waals surface area contributed by atoms with Crippen LogP contribution in [0.1, 0.15) is 42.9 Å². The van der Waals surface area contributed by atoms with Crippen molar-refractivity contribution in [2.24, 2.45) is 5.92 Å². The van der Waals surface area contributed by atoms with E-state index in [0.29, 0.717) is 0 Å². The number of amides is 1. The molecule has 0 unspecified atom stereocenters. The van der Waals surface area contributed by atoms with Gasteiger partial charge in [-0.1, -0.05) is 61.5 Å². The van der Waals surface area contributed by atoms with Crippen molar-refractivity contribution in [3.63, 3.8) is 0 Å². The molecule has 2 N–H and O–H groups in total. The molecule has 172 valence electrons. The summed E-state index contributed by atoms with van der Waals surface area (Å²) in [6.45, 7) is 3.67. The summed E-state index contributed by atoms with van der Waals surface area (Å²) < 4.78 is 12.9. The Balaban J connectivity index is 1.57. The van der Waals surface area contributed by atoms with Gasteiger partial charge >= 0.3 is 0 Å². The van der Waals surface area contributed by atoms with Gasteiger partial charge in [0.1, 0.15) is 0 Å². The molecular weight excluding hydrogens is 434 g/mol. The van der Waals surface area contributed by atoms with Crippen LogP contribution in [-0.2, 0) is 20.9 Å². The Bertz CT molecular complexity index is 1040. The van der Waals surface area contributed by atoms with Crippen molar-refractivity contribution in [2.75, 3.05) is 11.1 Å². The zero-order chi connectivity index (χ0) is 23.2. The molecule has 4 rings (SSSR count). The summed E-state index contributed by atoms with van der Waals surface area (Å²) >= 11 is 1.78. The summed E-state index contributed by atoms with van der Waals surface area (Å²) in [4.78, 5) is 12.5. The van der Waals surface area contributed by atoms with Crippen molar-refractivity contribution < 1.29 is 19.4 Å². The van der Waals surface area contributed by atoms with Crippen LogP contribution in [0.2, 0.25) is 0 Å². The average molecular weight is 464 g/mol. The van der Waals surface area contributed by atoms with Crippen LogP contribution in [0.25, 0.3) is 0 Å². The van der Waals surface area contributed by atoms with E-state index < -0.39 is 6.29 Å². The van der Waals surface area contributed by atoms with E-state index in [0.717, 1.165) is 28.1 Å². The Morgan fingerprint density at radius 3 is 2.24 bits per heavy atom. The first-order chi connectivity index (χ1) is 16.0. The van der Waals surface area contributed by atoms with Crippen molar-refractivity contribution in [2.45, 2.75) is 43.8 Å². The molecule has 0 aliphatic carbocycles. The highest BCUT2D eigenvalue weighted by Gasteiger charge is 2.38. The van der Waals surface area contributed by atoms with Crippen LogP contribution in [0, 0.1) is 5.92 Å². The number of anilines is 1. The topological polar surface area (TPSA) is 67.8 Å². The molecule has 3 aromatic carbocycles. The fourth-order valence-electron chi connectivity index (χ4n) is 3.93. The minimum Gasteiger partial charge on any atom is -0.392 e. The van der Waals surface area contributed by atoms with Gasteiger partial charge in [-0.25, -0.2) is 0 Å². The maximum absolute atomic E-state index is 11.3. The second kappa shape index (κ2) is 11.0. The van der Waals surface area contributed by atoms with E-state index in [2.05, 4.69) is 24.4 Å². The molecule has 1 saturated heterocycles. The largest absolute Gasteiger partial charge is 0.392 e. The molecule has 33 heavy (non-hydrogen) atoms. The summed E-state index contributed by atoms with van der Waals surface area (Å²) in [5, 5.41) is 12.2. The lowest BCUT2D eigenvalue weighted by molar-refractivity contribution is -0.268. The number of hydrogen-bond acceptors (Lipinski definition) is 5. The van der Waals surface area contributed by atoms with Crippen LogP contribution in [0.3, 0.4) is 0 Å². The molecule has 0 bridgehead atoms. The van der Waals surface area contributed by atoms with Crippen molar-refractivity contribution >= 4 is 23.4 Å². The molecule has 4 atom stereocenters. The quantitative estimate of drug-likeness (QED) is 0.439. The van der Waals surface area contributed by atoms with Crippen LogP contribution in [0.15, 0.2) is 83.8 Å². The lowest BCUT2D eigenvalue weighted by Crippen LogP contribution is -2.38. The molecule has 1 fully saturated rings. The van der Waals surface area contributed by atoms with E-state index in [1.165, 1.54) is 11.8 Å². The Labute approximate surface area is 199 Å². The Kier molecular flexibility index (Phi) is 7.83. The van der Waals surface area contributed by atoms with E-state index in [4.69, 9.17) is 9.47 Å². The number of carbonyl (C=O) groups excluding carboxylic acids is 1. The Morgan fingerprint density at radius 2 is 1.61 bits per heavy atom. The van der Waals surface area contributed by atoms with Gasteiger partial charge in [-0.2, -0.15) is 0 Å². The zero-order valence-corrected chi connectivity index (χ0v) is 19.6. The highest BCUT2D eigenvalue weighted by atomic mass is 32.2. The highest BCUT2D eigenvalue weighted by molar-refractivity contribution is 7.99. The van der Waals surface area contributed by atoms with E-state index >= 15 is 0 Å². The number of aliphatic hydroxyl groups is 1. The second-order valence-corrected chi connectivity index (χ2v) is 9.34. The normalized spacial score (nSPS) is 22.6. The van der Waals surface area contributed by atoms with Crippen LogP contribution in [0.4, 0.5) is 5.69 Å². The minimum absolute atomic E-state index is 0.0179. The summed E-state index contributed by atoms with van der Waals surface area (Å²) in [6.07, 6.45) is -0.684. The molecule has 0 aromatic heterocycles. The van der Waals surface area contributed by atoms with E-state index in [1.807, 2.05) is 66.7 Å². The van der Waals surface area contributed by atoms with Gasteiger partial charge in [0.05, 0.1) is 18.8 Å². The third-order valence-corrected chi connectivity index (χ3v) is 6.88. The predicted octanol–water partition coefficient (Wildman–Crippen LogP) is 5.72. The van der Waals surface area contributed by atoms with Gasteiger partial charge < -0.3 is 19.9 Å². The summed E-state index contributed by atoms with van der Waals surface area (Å²) in [5.41, 5.74) is 3.59. The zero-order valence-electron chi connectivity index (χ0n) is 18.8. The van der Waals surface area contributed by atoms with Gasteiger partial charge in [-0.05, 0) is 35.4 Å². The van der Waals surface area contributed by atoms with Crippen LogP contribution in [-0.4, -0.2) is 22.9 Å². The lowest BCUT2D eigenvalue weighted by Gasteiger charge is -2.41. The molecule has 1 heterocycles. The van der Waals surface area contributed by atoms with Crippen molar-refractivity contribution in [1.82, 2.24) is 0 Å². The fraction of sp³-hybridized carbons (Fsp3) is 0.296. The first kappa shape index (κ1) is 23.5. The summed E-state index contributed by atoms with van der Waals surface area (Å²) in [6, 6.07) is 25.8. The van der Waals surface area contributed by atoms with E-state index in [9.17, 15) is 9.90 Å². The van der Waals surface area contributed by atoms with Crippen molar-refractivity contribution in [3.05, 3.63) is 95.6 Å². The number of carbonyl (C=O) groups is 1. The van der Waals surface area contributed by atoms with Crippen molar-refractivity contribution in [1.29, 1.82) is 0 Å². The molecule has 1 aliphatic heterocycles. The maximum atomic E-state index is 11.3. The van der Waals surface area contributed by atoms with Gasteiger partial charge in [-0.15, -0.1) is 11.8 Å². The third kappa shape index (κ3) is 6.03. The van der Waals surface area contributed by atoms with Gasteiger partial charge in [0.15, 0.2) is 6.29 Å². The van der Waals surface area contributed by atoms with Crippen LogP contribution in [0.5, 0.6) is 0 Å². The second-order valence-electron chi connectivity index (χ2n) is 8.25. The van der Waals surface area contributed by atoms with Gasteiger partial charge in [0.2, 0.25) is 5.91 Å². The monoisotopic (exact) mass is 463 g/mol. The molecular formula is C27H29NO4S. The number of hydrogen-bond donors (Lipinski definition) is 2. The molecule has 0 saturated carbocycles. The summed E-state index contributed by atoms with van der Waals surface area (Å²) in [5.74, 6) is 0.836. The number of thioether (sulfide) groups is 1. The standard InChI is InChI=1S/C27H29NO4S/c1-18-25(17-33-24-6-4-3-5-7-24)31-27(22-12-14-23(15-13-22)28-19(2)30)32-26(18)21-10-8-20(16-29)9-11-21/h3-15,18,25-27,29H,16-17H2,1-2H3,(H,28,30)/t18-,25+,26+,27+/m1/s1. The van der Waals surface area contributed by atoms with Crippen LogP contribution < -0.4 is 5.32 Å². The number of nitrogens with one attached hydrogen (secondary N) is 1. The maximum Gasteiger partial charge on any atom is 0.221 e. The molecule has 0 radical (unpaired) electrons. The van der Waals surface area contributed by atoms with Crippen LogP contribution >= 0.6 is 11.8 Å². The Morgan fingerprint density at radius 1 is 0.939 bits per heavy atom. The molecule has 3 aromatic rings. The first-order valence-electron chi connectivity index (χ1n) is 11.1. The smallest absolute Gasteiger partial charge is 0.221 e. The number of ether oxygens (including phenoxy) is 2. The van der Waals surface area contributed by atoms with E-state index in [1.54, 1.807) is 11.8 Å². The SMILES string of the molecule is CC(=O)Nc1ccc([C@H]2O[C@@H](CSc3ccccc3)[C@@H](C)[C@@H](c3ccc(CO)cc3)O2)cc1. The Hall–Kier alpha value is -2.64. The number of aliphatic hydroxyl groups excluding tert-OH is 1. The van der Waals surface area contributed by atoms with Crippen molar-refractivity contribution in [3.8, 4) is 0 Å². The lowest BCUT2D eigenvalue weighted by atomic mass is 9.91. The summed E-state index contributed by atoms with van der Waals surface area (Å²) in [7, 11) is 0. The molecule has 1 aliphatic rings. The fourth-order valence-corrected chi connectivity index (χ4v) is 5.02. The first-order valence-corrected chi connectivity index (χ1v) is 12.1. The predicted molar refractivity (Wildman–Crippen MR) is 131 cm³/mol. The van der Waals surface area contributed by atoms with Gasteiger partial charge in [-0.3, -0.25) is 4.79 Å². The molecule has 0 spiro atoms. The number of benzene rings is 3. The molecule has 1 amide bonds.